The van der Waals surface area contributed by atoms with Crippen LogP contribution in [-0.4, -0.2) is 15.8 Å². The number of rotatable bonds is 4. The number of nitrogens with zero attached hydrogens (tertiary/aromatic N) is 2. The van der Waals surface area contributed by atoms with E-state index in [4.69, 9.17) is 0 Å². The third-order valence-electron chi connectivity index (χ3n) is 3.51. The van der Waals surface area contributed by atoms with Crippen LogP contribution in [0.3, 0.4) is 0 Å². The molecule has 0 aliphatic heterocycles. The fraction of sp³-hybridized carbons (Fsp3) is 0.125. The Morgan fingerprint density at radius 3 is 2.96 bits per heavy atom. The molecule has 0 atom stereocenters. The van der Waals surface area contributed by atoms with Gasteiger partial charge in [-0.15, -0.1) is 0 Å². The number of hydrogen-bond donors (Lipinski definition) is 3. The quantitative estimate of drug-likeness (QED) is 0.623. The highest BCUT2D eigenvalue weighted by atomic mass is 32.2. The van der Waals surface area contributed by atoms with Gasteiger partial charge in [0.15, 0.2) is 0 Å². The molecule has 2 amide bonds. The maximum absolute atomic E-state index is 13.5. The minimum atomic E-state index is -0.435. The molecule has 3 rings (SSSR count). The molecule has 0 spiro atoms. The van der Waals surface area contributed by atoms with Crippen LogP contribution in [0.2, 0.25) is 0 Å². The minimum absolute atomic E-state index is 0.210. The van der Waals surface area contributed by atoms with Crippen molar-refractivity contribution in [1.82, 2.24) is 19.8 Å². The Morgan fingerprint density at radius 1 is 1.33 bits per heavy atom. The van der Waals surface area contributed by atoms with E-state index in [9.17, 15) is 9.18 Å². The van der Waals surface area contributed by atoms with Gasteiger partial charge in [0, 0.05) is 28.8 Å². The standard InChI is InChI=1S/C16H15FN4OS2/c1-21-14-4-3-13(7-10(14)9-19-21)24-15-5-2-12(17)6-11(15)8-18-16(22)20-23/h2-7,9,23H,8H2,1H3,(H2,18,20,22). The SMILES string of the molecule is Cn1ncc2cc(Sc3ccc(F)cc3CNC(=O)NS)ccc21. The molecular formula is C16H15FN4OS2. The molecule has 0 bridgehead atoms. The predicted octanol–water partition coefficient (Wildman–Crippen LogP) is 3.51. The Bertz CT molecular complexity index is 897. The largest absolute Gasteiger partial charge is 0.333 e. The minimum Gasteiger partial charge on any atom is -0.333 e. The lowest BCUT2D eigenvalue weighted by Crippen LogP contribution is -2.29. The molecule has 5 nitrogen and oxygen atoms in total. The van der Waals surface area contributed by atoms with Gasteiger partial charge in [0.1, 0.15) is 5.82 Å². The molecule has 0 unspecified atom stereocenters. The van der Waals surface area contributed by atoms with Crippen LogP contribution >= 0.6 is 24.6 Å². The fourth-order valence-corrected chi connectivity index (χ4v) is 3.39. The van der Waals surface area contributed by atoms with E-state index in [-0.39, 0.29) is 12.4 Å². The average Bonchev–Trinajstić information content (AvgIpc) is 2.95. The van der Waals surface area contributed by atoms with Crippen LogP contribution < -0.4 is 10.0 Å². The number of fused-ring (bicyclic) bond motifs is 1. The van der Waals surface area contributed by atoms with Crippen LogP contribution in [0.25, 0.3) is 10.9 Å². The number of hydrogen-bond acceptors (Lipinski definition) is 4. The molecule has 0 radical (unpaired) electrons. The first kappa shape index (κ1) is 16.7. The van der Waals surface area contributed by atoms with Crippen LogP contribution in [0, 0.1) is 5.82 Å². The first-order valence-electron chi connectivity index (χ1n) is 7.13. The summed E-state index contributed by atoms with van der Waals surface area (Å²) >= 11 is 5.19. The Balaban J connectivity index is 1.86. The third-order valence-corrected chi connectivity index (χ3v) is 4.82. The number of halogens is 1. The molecule has 1 heterocycles. The topological polar surface area (TPSA) is 59.0 Å². The van der Waals surface area contributed by atoms with Gasteiger partial charge in [0.2, 0.25) is 0 Å². The molecule has 2 aromatic carbocycles. The van der Waals surface area contributed by atoms with Gasteiger partial charge in [-0.1, -0.05) is 24.6 Å². The van der Waals surface area contributed by atoms with Crippen molar-refractivity contribution in [3.8, 4) is 0 Å². The van der Waals surface area contributed by atoms with Gasteiger partial charge in [0.05, 0.1) is 11.7 Å². The summed E-state index contributed by atoms with van der Waals surface area (Å²) in [5, 5.41) is 7.88. The first-order valence-corrected chi connectivity index (χ1v) is 8.39. The number of amides is 2. The molecule has 0 aliphatic carbocycles. The predicted molar refractivity (Wildman–Crippen MR) is 95.6 cm³/mol. The lowest BCUT2D eigenvalue weighted by molar-refractivity contribution is 0.246. The first-order chi connectivity index (χ1) is 11.6. The number of benzene rings is 2. The maximum Gasteiger partial charge on any atom is 0.324 e. The van der Waals surface area contributed by atoms with Gasteiger partial charge in [-0.25, -0.2) is 9.18 Å². The van der Waals surface area contributed by atoms with Gasteiger partial charge >= 0.3 is 6.03 Å². The lowest BCUT2D eigenvalue weighted by Gasteiger charge is -2.10. The molecule has 24 heavy (non-hydrogen) atoms. The van der Waals surface area contributed by atoms with Gasteiger partial charge in [-0.3, -0.25) is 9.40 Å². The van der Waals surface area contributed by atoms with E-state index in [2.05, 4.69) is 28.0 Å². The summed E-state index contributed by atoms with van der Waals surface area (Å²) in [4.78, 5) is 13.2. The smallest absolute Gasteiger partial charge is 0.324 e. The third kappa shape index (κ3) is 3.65. The van der Waals surface area contributed by atoms with Crippen LogP contribution in [-0.2, 0) is 13.6 Å². The van der Waals surface area contributed by atoms with Crippen molar-refractivity contribution in [2.75, 3.05) is 0 Å². The van der Waals surface area contributed by atoms with Gasteiger partial charge in [-0.2, -0.15) is 5.10 Å². The monoisotopic (exact) mass is 362 g/mol. The summed E-state index contributed by atoms with van der Waals surface area (Å²) < 4.78 is 17.5. The number of carbonyl (C=O) groups is 1. The zero-order valence-electron chi connectivity index (χ0n) is 12.8. The van der Waals surface area contributed by atoms with Crippen LogP contribution in [0.1, 0.15) is 5.56 Å². The maximum atomic E-state index is 13.5. The Labute approximate surface area is 148 Å². The van der Waals surface area contributed by atoms with Gasteiger partial charge in [-0.05, 0) is 42.0 Å². The Hall–Kier alpha value is -2.19. The highest BCUT2D eigenvalue weighted by Gasteiger charge is 2.09. The average molecular weight is 362 g/mol. The highest BCUT2D eigenvalue weighted by Crippen LogP contribution is 2.32. The van der Waals surface area contributed by atoms with Crippen LogP contribution in [0.5, 0.6) is 0 Å². The van der Waals surface area contributed by atoms with E-state index in [1.807, 2.05) is 36.1 Å². The normalized spacial score (nSPS) is 10.8. The second kappa shape index (κ2) is 7.14. The molecule has 1 aromatic heterocycles. The Kier molecular flexibility index (Phi) is 4.96. The summed E-state index contributed by atoms with van der Waals surface area (Å²) in [6.07, 6.45) is 1.81. The van der Waals surface area contributed by atoms with Crippen LogP contribution in [0.4, 0.5) is 9.18 Å². The second-order valence-corrected chi connectivity index (χ2v) is 6.48. The number of nitrogens with one attached hydrogen (secondary N) is 2. The van der Waals surface area contributed by atoms with E-state index in [0.717, 1.165) is 20.7 Å². The van der Waals surface area contributed by atoms with E-state index in [0.29, 0.717) is 5.56 Å². The molecule has 2 N–H and O–H groups in total. The van der Waals surface area contributed by atoms with Crippen LogP contribution in [0.15, 0.2) is 52.4 Å². The summed E-state index contributed by atoms with van der Waals surface area (Å²) in [5.74, 6) is -0.342. The molecular weight excluding hydrogens is 347 g/mol. The summed E-state index contributed by atoms with van der Waals surface area (Å²) in [6.45, 7) is 0.210. The molecule has 0 fully saturated rings. The summed E-state index contributed by atoms with van der Waals surface area (Å²) in [6, 6.07) is 10.1. The molecule has 0 saturated heterocycles. The number of aryl methyl sites for hydroxylation is 1. The number of aromatic nitrogens is 2. The number of carbonyl (C=O) groups excluding carboxylic acids is 1. The molecule has 0 aliphatic rings. The number of thiol groups is 1. The van der Waals surface area contributed by atoms with Crippen molar-refractivity contribution < 1.29 is 9.18 Å². The second-order valence-electron chi connectivity index (χ2n) is 5.14. The van der Waals surface area contributed by atoms with E-state index in [1.165, 1.54) is 23.9 Å². The van der Waals surface area contributed by atoms with Crippen molar-refractivity contribution >= 4 is 41.5 Å². The van der Waals surface area contributed by atoms with E-state index < -0.39 is 6.03 Å². The molecule has 3 aromatic rings. The highest BCUT2D eigenvalue weighted by molar-refractivity contribution is 7.99. The zero-order chi connectivity index (χ0) is 17.1. The van der Waals surface area contributed by atoms with Gasteiger partial charge < -0.3 is 5.32 Å². The Morgan fingerprint density at radius 2 is 2.17 bits per heavy atom. The van der Waals surface area contributed by atoms with Crippen molar-refractivity contribution in [2.24, 2.45) is 7.05 Å². The lowest BCUT2D eigenvalue weighted by atomic mass is 10.2. The zero-order valence-corrected chi connectivity index (χ0v) is 14.5. The van der Waals surface area contributed by atoms with Gasteiger partial charge in [0.25, 0.3) is 0 Å². The van der Waals surface area contributed by atoms with E-state index in [1.54, 1.807) is 6.07 Å². The van der Waals surface area contributed by atoms with Crippen molar-refractivity contribution in [3.63, 3.8) is 0 Å². The van der Waals surface area contributed by atoms with Crippen molar-refractivity contribution in [2.45, 2.75) is 16.3 Å². The van der Waals surface area contributed by atoms with Crippen molar-refractivity contribution in [1.29, 1.82) is 0 Å². The molecule has 0 saturated carbocycles. The number of urea groups is 1. The summed E-state index contributed by atoms with van der Waals surface area (Å²) in [7, 11) is 1.89. The summed E-state index contributed by atoms with van der Waals surface area (Å²) in [5.41, 5.74) is 1.74. The van der Waals surface area contributed by atoms with Crippen molar-refractivity contribution in [3.05, 3.63) is 54.0 Å². The van der Waals surface area contributed by atoms with E-state index >= 15 is 0 Å². The molecule has 124 valence electrons. The molecule has 8 heteroatoms. The fourth-order valence-electron chi connectivity index (χ4n) is 2.33.